The molecule has 94 valence electrons. The minimum absolute atomic E-state index is 1.05. The van der Waals surface area contributed by atoms with Gasteiger partial charge in [-0.15, -0.1) is 0 Å². The fourth-order valence-corrected chi connectivity index (χ4v) is 2.02. The molecule has 0 saturated heterocycles. The van der Waals surface area contributed by atoms with Crippen molar-refractivity contribution in [2.24, 2.45) is 0 Å². The fourth-order valence-electron chi connectivity index (χ4n) is 2.02. The van der Waals surface area contributed by atoms with E-state index in [2.05, 4.69) is 54.3 Å². The van der Waals surface area contributed by atoms with Gasteiger partial charge in [-0.25, -0.2) is 0 Å². The van der Waals surface area contributed by atoms with Gasteiger partial charge in [-0.3, -0.25) is 4.98 Å². The fraction of sp³-hybridized carbons (Fsp3) is 0.312. The average Bonchev–Trinajstić information content (AvgIpc) is 2.40. The number of rotatable bonds is 5. The number of aromatic nitrogens is 1. The van der Waals surface area contributed by atoms with E-state index >= 15 is 0 Å². The first-order chi connectivity index (χ1) is 8.75. The standard InChI is InChI=1S/C16H20N2/c1-18(2)12-6-8-14-7-5-9-15(13-14)16-10-3-4-11-17-16/h3-5,7,9-11,13H,6,8,12H2,1-2H3. The van der Waals surface area contributed by atoms with Crippen LogP contribution < -0.4 is 0 Å². The van der Waals surface area contributed by atoms with Gasteiger partial charge in [-0.05, 0) is 57.2 Å². The third kappa shape index (κ3) is 3.67. The molecule has 2 rings (SSSR count). The minimum atomic E-state index is 1.05. The van der Waals surface area contributed by atoms with Crippen LogP contribution in [0.1, 0.15) is 12.0 Å². The van der Waals surface area contributed by atoms with Crippen molar-refractivity contribution in [1.29, 1.82) is 0 Å². The number of hydrogen-bond acceptors (Lipinski definition) is 2. The summed E-state index contributed by atoms with van der Waals surface area (Å²) in [7, 11) is 4.23. The Balaban J connectivity index is 2.06. The van der Waals surface area contributed by atoms with E-state index < -0.39 is 0 Å². The largest absolute Gasteiger partial charge is 0.309 e. The number of aryl methyl sites for hydroxylation is 1. The second-order valence-corrected chi connectivity index (χ2v) is 4.82. The molecule has 1 aromatic carbocycles. The van der Waals surface area contributed by atoms with E-state index in [0.29, 0.717) is 0 Å². The molecule has 0 fully saturated rings. The van der Waals surface area contributed by atoms with Gasteiger partial charge in [-0.2, -0.15) is 0 Å². The second-order valence-electron chi connectivity index (χ2n) is 4.82. The zero-order chi connectivity index (χ0) is 12.8. The molecule has 0 amide bonds. The molecule has 0 aliphatic carbocycles. The number of benzene rings is 1. The lowest BCUT2D eigenvalue weighted by molar-refractivity contribution is 0.400. The van der Waals surface area contributed by atoms with Crippen LogP contribution in [0.5, 0.6) is 0 Å². The maximum absolute atomic E-state index is 4.39. The first kappa shape index (κ1) is 12.8. The Morgan fingerprint density at radius 3 is 2.67 bits per heavy atom. The van der Waals surface area contributed by atoms with Crippen molar-refractivity contribution in [3.05, 3.63) is 54.2 Å². The van der Waals surface area contributed by atoms with Gasteiger partial charge >= 0.3 is 0 Å². The summed E-state index contributed by atoms with van der Waals surface area (Å²) < 4.78 is 0. The number of nitrogens with zero attached hydrogens (tertiary/aromatic N) is 2. The van der Waals surface area contributed by atoms with Gasteiger partial charge in [0.15, 0.2) is 0 Å². The van der Waals surface area contributed by atoms with Gasteiger partial charge < -0.3 is 4.90 Å². The zero-order valence-electron chi connectivity index (χ0n) is 11.1. The lowest BCUT2D eigenvalue weighted by atomic mass is 10.0. The first-order valence-corrected chi connectivity index (χ1v) is 6.41. The molecular weight excluding hydrogens is 220 g/mol. The van der Waals surface area contributed by atoms with Gasteiger partial charge in [0.2, 0.25) is 0 Å². The van der Waals surface area contributed by atoms with Crippen LogP contribution in [0.4, 0.5) is 0 Å². The Morgan fingerprint density at radius 1 is 1.06 bits per heavy atom. The molecule has 0 N–H and O–H groups in total. The molecular formula is C16H20N2. The third-order valence-electron chi connectivity index (χ3n) is 2.96. The molecule has 0 unspecified atom stereocenters. The smallest absolute Gasteiger partial charge is 0.0702 e. The molecule has 0 spiro atoms. The topological polar surface area (TPSA) is 16.1 Å². The summed E-state index contributed by atoms with van der Waals surface area (Å²) >= 11 is 0. The molecule has 1 heterocycles. The van der Waals surface area contributed by atoms with Crippen molar-refractivity contribution in [2.45, 2.75) is 12.8 Å². The van der Waals surface area contributed by atoms with Crippen molar-refractivity contribution in [1.82, 2.24) is 9.88 Å². The highest BCUT2D eigenvalue weighted by atomic mass is 15.0. The monoisotopic (exact) mass is 240 g/mol. The van der Waals surface area contributed by atoms with E-state index in [9.17, 15) is 0 Å². The van der Waals surface area contributed by atoms with Crippen LogP contribution in [0.15, 0.2) is 48.7 Å². The third-order valence-corrected chi connectivity index (χ3v) is 2.96. The predicted octanol–water partition coefficient (Wildman–Crippen LogP) is 3.24. The van der Waals surface area contributed by atoms with Crippen molar-refractivity contribution in [3.8, 4) is 11.3 Å². The zero-order valence-corrected chi connectivity index (χ0v) is 11.1. The van der Waals surface area contributed by atoms with Gasteiger partial charge in [-0.1, -0.05) is 24.3 Å². The summed E-state index contributed by atoms with van der Waals surface area (Å²) in [5.74, 6) is 0. The molecule has 0 saturated carbocycles. The van der Waals surface area contributed by atoms with Crippen molar-refractivity contribution in [2.75, 3.05) is 20.6 Å². The van der Waals surface area contributed by atoms with Crippen LogP contribution >= 0.6 is 0 Å². The Kier molecular flexibility index (Phi) is 4.48. The molecule has 0 radical (unpaired) electrons. The summed E-state index contributed by atoms with van der Waals surface area (Å²) in [6, 6.07) is 14.7. The molecule has 18 heavy (non-hydrogen) atoms. The van der Waals surface area contributed by atoms with Gasteiger partial charge in [0.25, 0.3) is 0 Å². The summed E-state index contributed by atoms with van der Waals surface area (Å²) in [5, 5.41) is 0. The average molecular weight is 240 g/mol. The summed E-state index contributed by atoms with van der Waals surface area (Å²) in [6.07, 6.45) is 4.16. The van der Waals surface area contributed by atoms with E-state index in [-0.39, 0.29) is 0 Å². The van der Waals surface area contributed by atoms with Crippen LogP contribution in [0.2, 0.25) is 0 Å². The molecule has 0 bridgehead atoms. The molecule has 2 nitrogen and oxygen atoms in total. The summed E-state index contributed by atoms with van der Waals surface area (Å²) in [6.45, 7) is 1.13. The van der Waals surface area contributed by atoms with E-state index in [1.807, 2.05) is 18.3 Å². The minimum Gasteiger partial charge on any atom is -0.309 e. The lowest BCUT2D eigenvalue weighted by Gasteiger charge is -2.09. The molecule has 2 aromatic rings. The maximum atomic E-state index is 4.39. The summed E-state index contributed by atoms with van der Waals surface area (Å²) in [4.78, 5) is 6.62. The van der Waals surface area contributed by atoms with E-state index in [1.54, 1.807) is 0 Å². The molecule has 2 heteroatoms. The SMILES string of the molecule is CN(C)CCCc1cccc(-c2ccccn2)c1. The van der Waals surface area contributed by atoms with Gasteiger partial charge in [0, 0.05) is 11.8 Å². The van der Waals surface area contributed by atoms with Crippen molar-refractivity contribution < 1.29 is 0 Å². The Labute approximate surface area is 109 Å². The Hall–Kier alpha value is -1.67. The summed E-state index contributed by atoms with van der Waals surface area (Å²) in [5.41, 5.74) is 3.64. The molecule has 0 aliphatic rings. The highest BCUT2D eigenvalue weighted by molar-refractivity contribution is 5.59. The van der Waals surface area contributed by atoms with Crippen LogP contribution in [0, 0.1) is 0 Å². The lowest BCUT2D eigenvalue weighted by Crippen LogP contribution is -2.13. The predicted molar refractivity (Wildman–Crippen MR) is 76.5 cm³/mol. The van der Waals surface area contributed by atoms with Crippen molar-refractivity contribution in [3.63, 3.8) is 0 Å². The van der Waals surface area contributed by atoms with Gasteiger partial charge in [0.1, 0.15) is 0 Å². The highest BCUT2D eigenvalue weighted by Crippen LogP contribution is 2.18. The number of hydrogen-bond donors (Lipinski definition) is 0. The van der Waals surface area contributed by atoms with Crippen LogP contribution in [-0.4, -0.2) is 30.5 Å². The Bertz CT molecular complexity index is 477. The molecule has 0 aliphatic heterocycles. The van der Waals surface area contributed by atoms with E-state index in [1.165, 1.54) is 17.5 Å². The number of pyridine rings is 1. The normalized spacial score (nSPS) is 10.8. The molecule has 1 aromatic heterocycles. The quantitative estimate of drug-likeness (QED) is 0.797. The van der Waals surface area contributed by atoms with Crippen molar-refractivity contribution >= 4 is 0 Å². The first-order valence-electron chi connectivity index (χ1n) is 6.41. The highest BCUT2D eigenvalue weighted by Gasteiger charge is 2.00. The van der Waals surface area contributed by atoms with Crippen LogP contribution in [-0.2, 0) is 6.42 Å². The Morgan fingerprint density at radius 2 is 1.94 bits per heavy atom. The second kappa shape index (κ2) is 6.31. The van der Waals surface area contributed by atoms with Gasteiger partial charge in [0.05, 0.1) is 5.69 Å². The maximum Gasteiger partial charge on any atom is 0.0702 e. The van der Waals surface area contributed by atoms with E-state index in [0.717, 1.165) is 18.7 Å². The molecule has 0 atom stereocenters. The van der Waals surface area contributed by atoms with E-state index in [4.69, 9.17) is 0 Å². The van der Waals surface area contributed by atoms with Crippen LogP contribution in [0.25, 0.3) is 11.3 Å². The van der Waals surface area contributed by atoms with Crippen LogP contribution in [0.3, 0.4) is 0 Å².